The Bertz CT molecular complexity index is 1020. The number of nitrogens with one attached hydrogen (secondary N) is 1. The number of carbonyl (C=O) groups is 1. The molecule has 33 heavy (non-hydrogen) atoms. The Morgan fingerprint density at radius 3 is 2.24 bits per heavy atom. The maximum atomic E-state index is 12.6. The molecule has 6 rings (SSSR count). The summed E-state index contributed by atoms with van der Waals surface area (Å²) in [5.41, 5.74) is 8.31. The second-order valence-electron chi connectivity index (χ2n) is 11.1. The number of nitrogens with zero attached hydrogens (tertiary/aromatic N) is 1. The van der Waals surface area contributed by atoms with Gasteiger partial charge in [-0.05, 0) is 118 Å². The molecule has 0 aromatic heterocycles. The van der Waals surface area contributed by atoms with E-state index in [1.807, 2.05) is 30.3 Å². The summed E-state index contributed by atoms with van der Waals surface area (Å²) in [5, 5.41) is 4.48. The van der Waals surface area contributed by atoms with Gasteiger partial charge < -0.3 is 4.74 Å². The molecule has 0 radical (unpaired) electrons. The van der Waals surface area contributed by atoms with E-state index in [-0.39, 0.29) is 5.91 Å². The first-order valence-electron chi connectivity index (χ1n) is 12.5. The van der Waals surface area contributed by atoms with Gasteiger partial charge in [-0.2, -0.15) is 5.10 Å². The zero-order valence-corrected chi connectivity index (χ0v) is 20.2. The first kappa shape index (κ1) is 22.2. The van der Waals surface area contributed by atoms with Gasteiger partial charge in [0.2, 0.25) is 0 Å². The second-order valence-corrected chi connectivity index (χ2v) is 11.1. The normalized spacial score (nSPS) is 28.1. The lowest BCUT2D eigenvalue weighted by atomic mass is 9.48. The Morgan fingerprint density at radius 1 is 1.00 bits per heavy atom. The molecule has 0 spiro atoms. The molecule has 0 atom stereocenters. The van der Waals surface area contributed by atoms with E-state index in [4.69, 9.17) is 4.74 Å². The third-order valence-electron chi connectivity index (χ3n) is 8.09. The number of ether oxygens (including phenoxy) is 1. The molecule has 4 saturated carbocycles. The Labute approximate surface area is 197 Å². The van der Waals surface area contributed by atoms with Crippen LogP contribution in [0.4, 0.5) is 0 Å². The van der Waals surface area contributed by atoms with Gasteiger partial charge in [-0.25, -0.2) is 5.43 Å². The minimum absolute atomic E-state index is 0.151. The fourth-order valence-electron chi connectivity index (χ4n) is 7.17. The van der Waals surface area contributed by atoms with Crippen LogP contribution in [0.25, 0.3) is 0 Å². The summed E-state index contributed by atoms with van der Waals surface area (Å²) < 4.78 is 5.95. The van der Waals surface area contributed by atoms with Gasteiger partial charge >= 0.3 is 0 Å². The van der Waals surface area contributed by atoms with E-state index in [0.717, 1.165) is 46.8 Å². The molecular weight excluding hydrogens is 408 g/mol. The van der Waals surface area contributed by atoms with Crippen LogP contribution < -0.4 is 10.2 Å². The first-order chi connectivity index (χ1) is 15.9. The van der Waals surface area contributed by atoms with Crippen LogP contribution in [-0.4, -0.2) is 11.6 Å². The molecule has 4 bridgehead atoms. The number of hydrogen-bond acceptors (Lipinski definition) is 3. The largest absolute Gasteiger partial charge is 0.489 e. The van der Waals surface area contributed by atoms with E-state index in [1.54, 1.807) is 0 Å². The summed E-state index contributed by atoms with van der Waals surface area (Å²) in [5.74, 6) is 3.57. The number of carbonyl (C=O) groups excluding carboxylic acids is 1. The van der Waals surface area contributed by atoms with E-state index in [9.17, 15) is 4.79 Å². The number of benzene rings is 2. The van der Waals surface area contributed by atoms with E-state index in [0.29, 0.717) is 17.6 Å². The standard InChI is InChI=1S/C29H36N2O2/c1-19-4-9-27(20(2)10-19)33-18-22-5-7-26(8-6-22)28(32)31-30-21(3)14-29-15-23-11-24(16-29)13-25(12-23)17-29/h4-10,23-25H,11-18H2,1-3H3,(H,31,32)/b30-21+. The van der Waals surface area contributed by atoms with Gasteiger partial charge in [0.1, 0.15) is 12.4 Å². The van der Waals surface area contributed by atoms with Crippen LogP contribution in [0.1, 0.15) is 78.9 Å². The summed E-state index contributed by atoms with van der Waals surface area (Å²) in [6, 6.07) is 13.8. The molecule has 0 aliphatic heterocycles. The van der Waals surface area contributed by atoms with Crippen molar-refractivity contribution in [3.05, 3.63) is 64.7 Å². The Kier molecular flexibility index (Phi) is 6.03. The van der Waals surface area contributed by atoms with Crippen molar-refractivity contribution in [3.8, 4) is 5.75 Å². The van der Waals surface area contributed by atoms with Crippen molar-refractivity contribution in [2.24, 2.45) is 28.3 Å². The molecule has 4 nitrogen and oxygen atoms in total. The van der Waals surface area contributed by atoms with Crippen molar-refractivity contribution in [1.29, 1.82) is 0 Å². The monoisotopic (exact) mass is 444 g/mol. The first-order valence-corrected chi connectivity index (χ1v) is 12.5. The average molecular weight is 445 g/mol. The molecule has 1 amide bonds. The van der Waals surface area contributed by atoms with Gasteiger partial charge in [0.25, 0.3) is 5.91 Å². The van der Waals surface area contributed by atoms with E-state index >= 15 is 0 Å². The van der Waals surface area contributed by atoms with Crippen LogP contribution in [0.5, 0.6) is 5.75 Å². The maximum Gasteiger partial charge on any atom is 0.271 e. The molecule has 1 N–H and O–H groups in total. The molecule has 4 aliphatic carbocycles. The molecule has 4 heteroatoms. The topological polar surface area (TPSA) is 50.7 Å². The van der Waals surface area contributed by atoms with Crippen molar-refractivity contribution in [2.45, 2.75) is 72.3 Å². The lowest BCUT2D eigenvalue weighted by Gasteiger charge is -2.57. The molecule has 2 aromatic carbocycles. The highest BCUT2D eigenvalue weighted by Crippen LogP contribution is 2.61. The lowest BCUT2D eigenvalue weighted by molar-refractivity contribution is -0.0482. The summed E-state index contributed by atoms with van der Waals surface area (Å²) in [6.45, 7) is 6.69. The van der Waals surface area contributed by atoms with Gasteiger partial charge in [0.05, 0.1) is 0 Å². The highest BCUT2D eigenvalue weighted by atomic mass is 16.5. The molecule has 4 aliphatic rings. The number of aryl methyl sites for hydroxylation is 2. The van der Waals surface area contributed by atoms with Crippen LogP contribution in [0.15, 0.2) is 47.6 Å². The predicted molar refractivity (Wildman–Crippen MR) is 132 cm³/mol. The summed E-state index contributed by atoms with van der Waals surface area (Å²) in [4.78, 5) is 12.6. The third-order valence-corrected chi connectivity index (χ3v) is 8.09. The third kappa shape index (κ3) is 5.00. The van der Waals surface area contributed by atoms with Crippen molar-refractivity contribution in [1.82, 2.24) is 5.43 Å². The van der Waals surface area contributed by atoms with Gasteiger partial charge in [-0.3, -0.25) is 4.79 Å². The predicted octanol–water partition coefficient (Wildman–Crippen LogP) is 6.59. The number of hydrogen-bond donors (Lipinski definition) is 1. The van der Waals surface area contributed by atoms with E-state index in [2.05, 4.69) is 43.4 Å². The smallest absolute Gasteiger partial charge is 0.271 e. The Balaban J connectivity index is 1.14. The Hall–Kier alpha value is -2.62. The summed E-state index contributed by atoms with van der Waals surface area (Å²) >= 11 is 0. The van der Waals surface area contributed by atoms with E-state index < -0.39 is 0 Å². The molecular formula is C29H36N2O2. The van der Waals surface area contributed by atoms with Crippen LogP contribution in [0.3, 0.4) is 0 Å². The van der Waals surface area contributed by atoms with Crippen LogP contribution in [0.2, 0.25) is 0 Å². The SMILES string of the molecule is C/C(CC12CC3CC(CC(C3)C1)C2)=N\NC(=O)c1ccc(COc2ccc(C)cc2C)cc1. The zero-order valence-electron chi connectivity index (χ0n) is 20.2. The van der Waals surface area contributed by atoms with Crippen molar-refractivity contribution >= 4 is 11.6 Å². The lowest BCUT2D eigenvalue weighted by Crippen LogP contribution is -2.46. The average Bonchev–Trinajstić information content (AvgIpc) is 2.76. The molecule has 0 unspecified atom stereocenters. The number of amides is 1. The van der Waals surface area contributed by atoms with Gasteiger partial charge in [0, 0.05) is 11.3 Å². The molecule has 174 valence electrons. The van der Waals surface area contributed by atoms with Crippen LogP contribution in [-0.2, 0) is 6.61 Å². The van der Waals surface area contributed by atoms with Crippen molar-refractivity contribution in [3.63, 3.8) is 0 Å². The zero-order chi connectivity index (χ0) is 23.0. The van der Waals surface area contributed by atoms with Crippen molar-refractivity contribution < 1.29 is 9.53 Å². The number of rotatable bonds is 7. The summed E-state index contributed by atoms with van der Waals surface area (Å²) in [6.07, 6.45) is 9.50. The van der Waals surface area contributed by atoms with E-state index in [1.165, 1.54) is 44.1 Å². The van der Waals surface area contributed by atoms with Gasteiger partial charge in [-0.15, -0.1) is 0 Å². The second kappa shape index (κ2) is 8.96. The minimum Gasteiger partial charge on any atom is -0.489 e. The highest BCUT2D eigenvalue weighted by Gasteiger charge is 2.50. The maximum absolute atomic E-state index is 12.6. The highest BCUT2D eigenvalue weighted by molar-refractivity contribution is 5.95. The van der Waals surface area contributed by atoms with Crippen LogP contribution in [0, 0.1) is 37.0 Å². The molecule has 0 saturated heterocycles. The number of hydrazone groups is 1. The summed E-state index contributed by atoms with van der Waals surface area (Å²) in [7, 11) is 0. The Morgan fingerprint density at radius 2 is 1.64 bits per heavy atom. The quantitative estimate of drug-likeness (QED) is 0.387. The van der Waals surface area contributed by atoms with Gasteiger partial charge in [0.15, 0.2) is 0 Å². The van der Waals surface area contributed by atoms with Gasteiger partial charge in [-0.1, -0.05) is 29.8 Å². The molecule has 2 aromatic rings. The fourth-order valence-corrected chi connectivity index (χ4v) is 7.17. The van der Waals surface area contributed by atoms with Crippen molar-refractivity contribution in [2.75, 3.05) is 0 Å². The minimum atomic E-state index is -0.151. The fraction of sp³-hybridized carbons (Fsp3) is 0.517. The molecule has 4 fully saturated rings. The molecule has 0 heterocycles. The van der Waals surface area contributed by atoms with Crippen LogP contribution >= 0.6 is 0 Å².